The largest absolute Gasteiger partial charge is 0.504 e. The van der Waals surface area contributed by atoms with Crippen molar-refractivity contribution in [3.63, 3.8) is 0 Å². The standard InChI is InChI=1S/C10H12N2O2/c1-5(11)7-3-4-8-10(9(7)13)14-6(2)12-8/h3-5,13H,11H2,1-2H3. The molecule has 0 radical (unpaired) electrons. The Morgan fingerprint density at radius 1 is 1.50 bits per heavy atom. The van der Waals surface area contributed by atoms with Gasteiger partial charge in [-0.1, -0.05) is 6.07 Å². The Hall–Kier alpha value is -1.55. The number of aromatic nitrogens is 1. The lowest BCUT2D eigenvalue weighted by Gasteiger charge is -2.06. The minimum atomic E-state index is -0.218. The summed E-state index contributed by atoms with van der Waals surface area (Å²) in [5.74, 6) is 0.634. The second-order valence-electron chi connectivity index (χ2n) is 3.37. The summed E-state index contributed by atoms with van der Waals surface area (Å²) in [5, 5.41) is 9.82. The number of nitrogens with zero attached hydrogens (tertiary/aromatic N) is 1. The van der Waals surface area contributed by atoms with Crippen LogP contribution < -0.4 is 5.73 Å². The first-order chi connectivity index (χ1) is 6.59. The highest BCUT2D eigenvalue weighted by atomic mass is 16.4. The molecule has 2 rings (SSSR count). The van der Waals surface area contributed by atoms with Gasteiger partial charge in [0.15, 0.2) is 17.2 Å². The van der Waals surface area contributed by atoms with E-state index in [0.29, 0.717) is 22.6 Å². The molecule has 1 unspecified atom stereocenters. The van der Waals surface area contributed by atoms with Crippen LogP contribution in [0.5, 0.6) is 5.75 Å². The van der Waals surface area contributed by atoms with E-state index in [9.17, 15) is 5.11 Å². The van der Waals surface area contributed by atoms with Crippen molar-refractivity contribution in [3.05, 3.63) is 23.6 Å². The Morgan fingerprint density at radius 2 is 2.21 bits per heavy atom. The normalized spacial score (nSPS) is 13.4. The lowest BCUT2D eigenvalue weighted by molar-refractivity contribution is 0.450. The minimum absolute atomic E-state index is 0.0955. The van der Waals surface area contributed by atoms with Crippen molar-refractivity contribution < 1.29 is 9.52 Å². The van der Waals surface area contributed by atoms with Gasteiger partial charge in [0.25, 0.3) is 0 Å². The average Bonchev–Trinajstić information content (AvgIpc) is 2.46. The quantitative estimate of drug-likeness (QED) is 0.723. The second kappa shape index (κ2) is 2.99. The van der Waals surface area contributed by atoms with Crippen molar-refractivity contribution in [2.45, 2.75) is 19.9 Å². The van der Waals surface area contributed by atoms with Gasteiger partial charge < -0.3 is 15.3 Å². The number of hydrogen-bond donors (Lipinski definition) is 2. The van der Waals surface area contributed by atoms with E-state index in [4.69, 9.17) is 10.2 Å². The number of phenols is 1. The van der Waals surface area contributed by atoms with Gasteiger partial charge in [-0.2, -0.15) is 0 Å². The third-order valence-corrected chi connectivity index (χ3v) is 2.16. The van der Waals surface area contributed by atoms with Crippen LogP contribution in [0.25, 0.3) is 11.1 Å². The molecule has 3 N–H and O–H groups in total. The molecule has 0 fully saturated rings. The zero-order valence-corrected chi connectivity index (χ0v) is 8.11. The highest BCUT2D eigenvalue weighted by Crippen LogP contribution is 2.31. The van der Waals surface area contributed by atoms with Gasteiger partial charge in [0.05, 0.1) is 0 Å². The lowest BCUT2D eigenvalue weighted by Crippen LogP contribution is -2.04. The van der Waals surface area contributed by atoms with Gasteiger partial charge >= 0.3 is 0 Å². The maximum atomic E-state index is 9.82. The van der Waals surface area contributed by atoms with Gasteiger partial charge in [0, 0.05) is 18.5 Å². The maximum Gasteiger partial charge on any atom is 0.196 e. The summed E-state index contributed by atoms with van der Waals surface area (Å²) < 4.78 is 5.27. The van der Waals surface area contributed by atoms with Crippen molar-refractivity contribution in [1.29, 1.82) is 0 Å². The fourth-order valence-corrected chi connectivity index (χ4v) is 1.47. The number of hydrogen-bond acceptors (Lipinski definition) is 4. The average molecular weight is 192 g/mol. The number of aromatic hydroxyl groups is 1. The number of aryl methyl sites for hydroxylation is 1. The summed E-state index contributed by atoms with van der Waals surface area (Å²) in [5.41, 5.74) is 7.44. The molecule has 0 saturated heterocycles. The van der Waals surface area contributed by atoms with Crippen molar-refractivity contribution >= 4 is 11.1 Å². The molecule has 0 aliphatic rings. The van der Waals surface area contributed by atoms with Crippen LogP contribution in [-0.4, -0.2) is 10.1 Å². The van der Waals surface area contributed by atoms with Gasteiger partial charge in [-0.25, -0.2) is 4.98 Å². The van der Waals surface area contributed by atoms with Crippen molar-refractivity contribution in [1.82, 2.24) is 4.98 Å². The molecule has 74 valence electrons. The summed E-state index contributed by atoms with van der Waals surface area (Å²) >= 11 is 0. The number of oxazole rings is 1. The third kappa shape index (κ3) is 1.24. The molecule has 14 heavy (non-hydrogen) atoms. The number of rotatable bonds is 1. The van der Waals surface area contributed by atoms with E-state index in [0.717, 1.165) is 0 Å². The summed E-state index contributed by atoms with van der Waals surface area (Å²) in [6.45, 7) is 3.55. The monoisotopic (exact) mass is 192 g/mol. The molecule has 1 aromatic heterocycles. The Balaban J connectivity index is 2.74. The van der Waals surface area contributed by atoms with Gasteiger partial charge in [-0.3, -0.25) is 0 Å². The third-order valence-electron chi connectivity index (χ3n) is 2.16. The molecule has 0 saturated carbocycles. The van der Waals surface area contributed by atoms with E-state index < -0.39 is 0 Å². The Morgan fingerprint density at radius 3 is 2.86 bits per heavy atom. The lowest BCUT2D eigenvalue weighted by atomic mass is 10.1. The van der Waals surface area contributed by atoms with Gasteiger partial charge in [-0.05, 0) is 13.0 Å². The summed E-state index contributed by atoms with van der Waals surface area (Å²) in [7, 11) is 0. The van der Waals surface area contributed by atoms with E-state index in [-0.39, 0.29) is 11.8 Å². The fraction of sp³-hybridized carbons (Fsp3) is 0.300. The highest BCUT2D eigenvalue weighted by Gasteiger charge is 2.13. The van der Waals surface area contributed by atoms with E-state index in [2.05, 4.69) is 4.98 Å². The molecule has 0 aliphatic heterocycles. The molecule has 0 amide bonds. The van der Waals surface area contributed by atoms with Crippen molar-refractivity contribution in [2.24, 2.45) is 5.73 Å². The molecule has 1 aromatic carbocycles. The molecular weight excluding hydrogens is 180 g/mol. The highest BCUT2D eigenvalue weighted by molar-refractivity contribution is 5.80. The summed E-state index contributed by atoms with van der Waals surface area (Å²) in [4.78, 5) is 4.11. The first-order valence-corrected chi connectivity index (χ1v) is 4.44. The predicted molar refractivity (Wildman–Crippen MR) is 53.0 cm³/mol. The number of phenolic OH excluding ortho intramolecular Hbond substituents is 1. The number of benzene rings is 1. The van der Waals surface area contributed by atoms with Gasteiger partial charge in [0.2, 0.25) is 0 Å². The predicted octanol–water partition coefficient (Wildman–Crippen LogP) is 1.86. The van der Waals surface area contributed by atoms with Crippen LogP contribution in [0, 0.1) is 6.92 Å². The smallest absolute Gasteiger partial charge is 0.196 e. The second-order valence-corrected chi connectivity index (χ2v) is 3.37. The molecule has 0 aliphatic carbocycles. The maximum absolute atomic E-state index is 9.82. The minimum Gasteiger partial charge on any atom is -0.504 e. The van der Waals surface area contributed by atoms with Crippen molar-refractivity contribution in [3.8, 4) is 5.75 Å². The SMILES string of the molecule is Cc1nc2ccc(C(C)N)c(O)c2o1. The van der Waals surface area contributed by atoms with Crippen LogP contribution in [0.3, 0.4) is 0 Å². The van der Waals surface area contributed by atoms with Crippen LogP contribution in [0.4, 0.5) is 0 Å². The fourth-order valence-electron chi connectivity index (χ4n) is 1.47. The van der Waals surface area contributed by atoms with Crippen LogP contribution >= 0.6 is 0 Å². The topological polar surface area (TPSA) is 72.3 Å². The summed E-state index contributed by atoms with van der Waals surface area (Å²) in [6.07, 6.45) is 0. The Labute approximate surface area is 81.4 Å². The van der Waals surface area contributed by atoms with Gasteiger partial charge in [-0.15, -0.1) is 0 Å². The molecule has 1 atom stereocenters. The molecule has 4 heteroatoms. The van der Waals surface area contributed by atoms with E-state index in [1.807, 2.05) is 6.92 Å². The van der Waals surface area contributed by atoms with E-state index >= 15 is 0 Å². The number of nitrogens with two attached hydrogens (primary N) is 1. The van der Waals surface area contributed by atoms with Gasteiger partial charge in [0.1, 0.15) is 5.52 Å². The molecule has 1 heterocycles. The zero-order chi connectivity index (χ0) is 10.3. The molecule has 4 nitrogen and oxygen atoms in total. The van der Waals surface area contributed by atoms with Crippen LogP contribution in [0.1, 0.15) is 24.4 Å². The van der Waals surface area contributed by atoms with Crippen LogP contribution in [-0.2, 0) is 0 Å². The molecular formula is C10H12N2O2. The van der Waals surface area contributed by atoms with E-state index in [1.54, 1.807) is 19.1 Å². The van der Waals surface area contributed by atoms with Crippen LogP contribution in [0.15, 0.2) is 16.5 Å². The molecule has 0 spiro atoms. The Kier molecular flexibility index (Phi) is 1.93. The first-order valence-electron chi connectivity index (χ1n) is 4.44. The first kappa shape index (κ1) is 9.02. The summed E-state index contributed by atoms with van der Waals surface area (Å²) in [6, 6.07) is 3.35. The molecule has 2 aromatic rings. The Bertz CT molecular complexity index is 474. The zero-order valence-electron chi connectivity index (χ0n) is 8.11. The van der Waals surface area contributed by atoms with Crippen LogP contribution in [0.2, 0.25) is 0 Å². The molecule has 0 bridgehead atoms. The van der Waals surface area contributed by atoms with E-state index in [1.165, 1.54) is 0 Å². The van der Waals surface area contributed by atoms with Crippen molar-refractivity contribution in [2.75, 3.05) is 0 Å². The number of fused-ring (bicyclic) bond motifs is 1.